The molecule has 140 valence electrons. The minimum atomic E-state index is -0.532. The topological polar surface area (TPSA) is 21.1 Å². The summed E-state index contributed by atoms with van der Waals surface area (Å²) < 4.78 is 15.2. The maximum absolute atomic E-state index is 12.7. The minimum absolute atomic E-state index is 0.463. The van der Waals surface area contributed by atoms with Crippen LogP contribution in [0.1, 0.15) is 28.1 Å². The Morgan fingerprint density at radius 1 is 1.19 bits per heavy atom. The van der Waals surface area contributed by atoms with Crippen molar-refractivity contribution in [3.63, 3.8) is 0 Å². The van der Waals surface area contributed by atoms with Crippen LogP contribution >= 0.6 is 0 Å². The highest BCUT2D eigenvalue weighted by Crippen LogP contribution is 2.31. The SMILES string of the molecule is C=C(Cn1c2c(c3cc(C)ccc31)CCN(C)CC2)c1ccc(CF)nc1. The van der Waals surface area contributed by atoms with Crippen LogP contribution in [0, 0.1) is 6.92 Å². The first-order valence-corrected chi connectivity index (χ1v) is 9.55. The fourth-order valence-electron chi connectivity index (χ4n) is 4.04. The molecule has 4 heteroatoms. The number of allylic oxidation sites excluding steroid dienone is 1. The van der Waals surface area contributed by atoms with E-state index in [2.05, 4.69) is 53.2 Å². The molecule has 0 saturated carbocycles. The first-order valence-electron chi connectivity index (χ1n) is 9.55. The van der Waals surface area contributed by atoms with Crippen molar-refractivity contribution in [1.29, 1.82) is 0 Å². The average Bonchev–Trinajstić information content (AvgIpc) is 2.82. The van der Waals surface area contributed by atoms with E-state index in [4.69, 9.17) is 0 Å². The van der Waals surface area contributed by atoms with Crippen molar-refractivity contribution in [1.82, 2.24) is 14.5 Å². The van der Waals surface area contributed by atoms with Gasteiger partial charge in [-0.1, -0.05) is 24.3 Å². The van der Waals surface area contributed by atoms with Crippen LogP contribution in [-0.4, -0.2) is 34.6 Å². The molecule has 27 heavy (non-hydrogen) atoms. The fourth-order valence-corrected chi connectivity index (χ4v) is 4.04. The van der Waals surface area contributed by atoms with Crippen molar-refractivity contribution < 1.29 is 4.39 Å². The molecule has 0 saturated heterocycles. The number of alkyl halides is 1. The van der Waals surface area contributed by atoms with Crippen LogP contribution in [0.3, 0.4) is 0 Å². The Labute approximate surface area is 160 Å². The van der Waals surface area contributed by atoms with Crippen LogP contribution < -0.4 is 0 Å². The number of halogens is 1. The maximum Gasteiger partial charge on any atom is 0.131 e. The van der Waals surface area contributed by atoms with Crippen LogP contribution in [0.5, 0.6) is 0 Å². The molecule has 3 aromatic rings. The smallest absolute Gasteiger partial charge is 0.131 e. The van der Waals surface area contributed by atoms with Crippen LogP contribution in [-0.2, 0) is 26.1 Å². The fraction of sp³-hybridized carbons (Fsp3) is 0.348. The lowest BCUT2D eigenvalue weighted by molar-refractivity contribution is 0.351. The summed E-state index contributed by atoms with van der Waals surface area (Å²) >= 11 is 0. The number of nitrogens with zero attached hydrogens (tertiary/aromatic N) is 3. The molecular weight excluding hydrogens is 337 g/mol. The molecule has 1 aliphatic rings. The molecule has 1 aromatic carbocycles. The number of fused-ring (bicyclic) bond motifs is 3. The summed E-state index contributed by atoms with van der Waals surface area (Å²) in [5, 5.41) is 1.37. The normalized spacial score (nSPS) is 14.9. The molecular formula is C23H26FN3. The number of hydrogen-bond acceptors (Lipinski definition) is 2. The highest BCUT2D eigenvalue weighted by molar-refractivity contribution is 5.87. The molecule has 0 bridgehead atoms. The van der Waals surface area contributed by atoms with Gasteiger partial charge in [0.1, 0.15) is 6.67 Å². The van der Waals surface area contributed by atoms with Crippen molar-refractivity contribution in [2.24, 2.45) is 0 Å². The van der Waals surface area contributed by atoms with Gasteiger partial charge in [0, 0.05) is 48.8 Å². The monoisotopic (exact) mass is 363 g/mol. The first kappa shape index (κ1) is 17.9. The first-order chi connectivity index (χ1) is 13.1. The zero-order valence-electron chi connectivity index (χ0n) is 16.1. The summed E-state index contributed by atoms with van der Waals surface area (Å²) in [6.07, 6.45) is 3.86. The summed E-state index contributed by atoms with van der Waals surface area (Å²) in [6, 6.07) is 10.4. The Kier molecular flexibility index (Phi) is 4.83. The molecule has 0 atom stereocenters. The van der Waals surface area contributed by atoms with E-state index in [1.807, 2.05) is 6.07 Å². The van der Waals surface area contributed by atoms with Crippen molar-refractivity contribution in [2.45, 2.75) is 33.0 Å². The molecule has 0 aliphatic carbocycles. The number of rotatable bonds is 4. The third kappa shape index (κ3) is 3.42. The summed E-state index contributed by atoms with van der Waals surface area (Å²) in [5.41, 5.74) is 7.93. The van der Waals surface area contributed by atoms with E-state index in [-0.39, 0.29) is 0 Å². The van der Waals surface area contributed by atoms with Crippen molar-refractivity contribution in [3.8, 4) is 0 Å². The van der Waals surface area contributed by atoms with Crippen LogP contribution in [0.2, 0.25) is 0 Å². The van der Waals surface area contributed by atoms with Gasteiger partial charge in [-0.3, -0.25) is 4.98 Å². The second-order valence-corrected chi connectivity index (χ2v) is 7.61. The standard InChI is InChI=1S/C23H26FN3/c1-16-4-7-22-21(12-16)20-8-10-26(3)11-9-23(20)27(22)15-17(2)18-5-6-19(13-24)25-14-18/h4-7,12,14H,2,8-11,13,15H2,1,3H3. The highest BCUT2D eigenvalue weighted by atomic mass is 19.1. The van der Waals surface area contributed by atoms with Crippen molar-refractivity contribution >= 4 is 16.5 Å². The maximum atomic E-state index is 12.7. The number of aryl methyl sites for hydroxylation is 1. The van der Waals surface area contributed by atoms with Crippen molar-refractivity contribution in [2.75, 3.05) is 20.1 Å². The van der Waals surface area contributed by atoms with Gasteiger partial charge in [0.15, 0.2) is 0 Å². The van der Waals surface area contributed by atoms with Gasteiger partial charge in [0.25, 0.3) is 0 Å². The van der Waals surface area contributed by atoms with E-state index >= 15 is 0 Å². The largest absolute Gasteiger partial charge is 0.340 e. The lowest BCUT2D eigenvalue weighted by Crippen LogP contribution is -2.21. The molecule has 0 fully saturated rings. The average molecular weight is 363 g/mol. The molecule has 3 nitrogen and oxygen atoms in total. The number of pyridine rings is 1. The minimum Gasteiger partial charge on any atom is -0.340 e. The molecule has 0 N–H and O–H groups in total. The number of benzene rings is 1. The summed E-state index contributed by atoms with van der Waals surface area (Å²) in [5.74, 6) is 0. The number of likely N-dealkylation sites (N-methyl/N-ethyl adjacent to an activating group) is 1. The Bertz CT molecular complexity index is 985. The summed E-state index contributed by atoms with van der Waals surface area (Å²) in [4.78, 5) is 6.59. The molecule has 2 aromatic heterocycles. The van der Waals surface area contributed by atoms with Crippen LogP contribution in [0.25, 0.3) is 16.5 Å². The van der Waals surface area contributed by atoms with E-state index in [1.54, 1.807) is 12.3 Å². The van der Waals surface area contributed by atoms with Gasteiger partial charge in [-0.15, -0.1) is 0 Å². The molecule has 0 amide bonds. The van der Waals surface area contributed by atoms with Gasteiger partial charge in [0.05, 0.1) is 5.69 Å². The van der Waals surface area contributed by atoms with Gasteiger partial charge in [-0.25, -0.2) is 4.39 Å². The van der Waals surface area contributed by atoms with Crippen LogP contribution in [0.15, 0.2) is 43.1 Å². The second kappa shape index (κ2) is 7.28. The van der Waals surface area contributed by atoms with Gasteiger partial charge in [0.2, 0.25) is 0 Å². The third-order valence-corrected chi connectivity index (χ3v) is 5.63. The molecule has 3 heterocycles. The van der Waals surface area contributed by atoms with E-state index in [9.17, 15) is 4.39 Å². The predicted molar refractivity (Wildman–Crippen MR) is 110 cm³/mol. The Balaban J connectivity index is 1.75. The Morgan fingerprint density at radius 2 is 2.00 bits per heavy atom. The van der Waals surface area contributed by atoms with Gasteiger partial charge < -0.3 is 9.47 Å². The Morgan fingerprint density at radius 3 is 2.74 bits per heavy atom. The summed E-state index contributed by atoms with van der Waals surface area (Å²) in [6.45, 7) is 8.82. The number of hydrogen-bond donors (Lipinski definition) is 0. The third-order valence-electron chi connectivity index (χ3n) is 5.63. The lowest BCUT2D eigenvalue weighted by atomic mass is 10.1. The summed E-state index contributed by atoms with van der Waals surface area (Å²) in [7, 11) is 2.20. The Hall–Kier alpha value is -2.46. The zero-order valence-corrected chi connectivity index (χ0v) is 16.1. The second-order valence-electron chi connectivity index (χ2n) is 7.61. The molecule has 0 spiro atoms. The quantitative estimate of drug-likeness (QED) is 0.678. The molecule has 0 radical (unpaired) electrons. The van der Waals surface area contributed by atoms with Gasteiger partial charge in [-0.2, -0.15) is 0 Å². The van der Waals surface area contributed by atoms with Crippen LogP contribution in [0.4, 0.5) is 4.39 Å². The highest BCUT2D eigenvalue weighted by Gasteiger charge is 2.21. The molecule has 0 unspecified atom stereocenters. The van der Waals surface area contributed by atoms with E-state index < -0.39 is 6.67 Å². The zero-order chi connectivity index (χ0) is 19.0. The van der Waals surface area contributed by atoms with Gasteiger partial charge >= 0.3 is 0 Å². The van der Waals surface area contributed by atoms with E-state index in [0.29, 0.717) is 5.69 Å². The molecule has 4 rings (SSSR count). The van der Waals surface area contributed by atoms with E-state index in [1.165, 1.54) is 27.7 Å². The lowest BCUT2D eigenvalue weighted by Gasteiger charge is -2.15. The predicted octanol–water partition coefficient (Wildman–Crippen LogP) is 4.56. The van der Waals surface area contributed by atoms with E-state index in [0.717, 1.165) is 43.6 Å². The molecule has 1 aliphatic heterocycles. The van der Waals surface area contributed by atoms with Crippen molar-refractivity contribution in [3.05, 3.63) is 71.2 Å². The van der Waals surface area contributed by atoms with Gasteiger partial charge in [-0.05, 0) is 55.3 Å². The number of aromatic nitrogens is 2.